The van der Waals surface area contributed by atoms with E-state index in [1.807, 2.05) is 48.5 Å². The minimum atomic E-state index is -0.317. The van der Waals surface area contributed by atoms with Crippen LogP contribution in [0.3, 0.4) is 0 Å². The number of ether oxygens (including phenoxy) is 2. The topological polar surface area (TPSA) is 35.5 Å². The van der Waals surface area contributed by atoms with Crippen LogP contribution in [0.1, 0.15) is 35.2 Å². The number of allylic oxidation sites excluding steroid dienone is 5. The molecular weight excluding hydrogens is 416 g/mol. The number of benzene rings is 2. The fourth-order valence-corrected chi connectivity index (χ4v) is 3.45. The van der Waals surface area contributed by atoms with Crippen molar-refractivity contribution in [1.82, 2.24) is 0 Å². The number of rotatable bonds is 11. The van der Waals surface area contributed by atoms with Gasteiger partial charge in [-0.3, -0.25) is 0 Å². The van der Waals surface area contributed by atoms with E-state index in [1.54, 1.807) is 17.8 Å². The molecule has 0 spiro atoms. The third-order valence-electron chi connectivity index (χ3n) is 4.35. The van der Waals surface area contributed by atoms with Crippen LogP contribution >= 0.6 is 11.8 Å². The molecule has 0 amide bonds. The van der Waals surface area contributed by atoms with Crippen LogP contribution < -0.4 is 4.74 Å². The number of thioether (sulfide) groups is 1. The Labute approximate surface area is 196 Å². The number of esters is 1. The maximum Gasteiger partial charge on any atom is 0.338 e. The van der Waals surface area contributed by atoms with Crippen LogP contribution in [0.25, 0.3) is 0 Å². The smallest absolute Gasteiger partial charge is 0.338 e. The van der Waals surface area contributed by atoms with Gasteiger partial charge in [-0.1, -0.05) is 78.1 Å². The van der Waals surface area contributed by atoms with Crippen LogP contribution in [0.5, 0.6) is 5.75 Å². The summed E-state index contributed by atoms with van der Waals surface area (Å²) in [5.41, 5.74) is 1.82. The van der Waals surface area contributed by atoms with Gasteiger partial charge in [-0.05, 0) is 44.0 Å². The second kappa shape index (κ2) is 15.6. The normalized spacial score (nSPS) is 11.1. The average molecular weight is 447 g/mol. The molecule has 4 heteroatoms. The van der Waals surface area contributed by atoms with Crippen molar-refractivity contribution < 1.29 is 14.3 Å². The molecular formula is C28H30O3S. The molecule has 0 aliphatic rings. The van der Waals surface area contributed by atoms with Gasteiger partial charge in [-0.25, -0.2) is 4.79 Å². The van der Waals surface area contributed by atoms with E-state index >= 15 is 0 Å². The molecule has 0 fully saturated rings. The summed E-state index contributed by atoms with van der Waals surface area (Å²) in [4.78, 5) is 12.6. The highest BCUT2D eigenvalue weighted by Crippen LogP contribution is 2.22. The zero-order valence-electron chi connectivity index (χ0n) is 18.8. The summed E-state index contributed by atoms with van der Waals surface area (Å²) in [6, 6.07) is 15.5. The van der Waals surface area contributed by atoms with E-state index in [-0.39, 0.29) is 5.97 Å². The van der Waals surface area contributed by atoms with Crippen molar-refractivity contribution in [2.75, 3.05) is 19.5 Å². The molecule has 0 aliphatic heterocycles. The van der Waals surface area contributed by atoms with Gasteiger partial charge in [0.15, 0.2) is 0 Å². The predicted octanol–water partition coefficient (Wildman–Crippen LogP) is 6.80. The minimum absolute atomic E-state index is 0.317. The number of methoxy groups -OCH3 is 1. The molecule has 0 saturated heterocycles. The van der Waals surface area contributed by atoms with E-state index in [1.165, 1.54) is 12.7 Å². The van der Waals surface area contributed by atoms with E-state index in [0.29, 0.717) is 17.9 Å². The lowest BCUT2D eigenvalue weighted by Crippen LogP contribution is -2.02. The lowest BCUT2D eigenvalue weighted by atomic mass is 10.2. The molecule has 0 saturated carbocycles. The van der Waals surface area contributed by atoms with Gasteiger partial charge >= 0.3 is 5.97 Å². The number of hydrogen-bond donors (Lipinski definition) is 0. The molecule has 0 atom stereocenters. The number of carbonyl (C=O) groups is 1. The standard InChI is InChI=1S/C28H30O3S/c1-24-18-20-25(21-19-24)31-22-14-10-8-6-4-3-5-7-9-11-15-23-32-27-17-13-12-16-26(27)28(29)30-2/h4-7,10,12-14,16-21H,3,8-9,22-23H2,1-2H3/b6-4-,7-5-,14-10-. The summed E-state index contributed by atoms with van der Waals surface area (Å²) >= 11 is 1.55. The number of hydrogen-bond acceptors (Lipinski definition) is 4. The summed E-state index contributed by atoms with van der Waals surface area (Å²) in [7, 11) is 1.39. The number of carbonyl (C=O) groups excluding carboxylic acids is 1. The Balaban J connectivity index is 1.55. The van der Waals surface area contributed by atoms with Crippen molar-refractivity contribution >= 4 is 17.7 Å². The third-order valence-corrected chi connectivity index (χ3v) is 5.30. The molecule has 0 unspecified atom stereocenters. The van der Waals surface area contributed by atoms with Crippen LogP contribution in [-0.2, 0) is 4.74 Å². The molecule has 0 radical (unpaired) electrons. The highest BCUT2D eigenvalue weighted by molar-refractivity contribution is 7.99. The molecule has 2 aromatic rings. The Morgan fingerprint density at radius 1 is 0.906 bits per heavy atom. The van der Waals surface area contributed by atoms with Gasteiger partial charge in [0.1, 0.15) is 12.4 Å². The quantitative estimate of drug-likeness (QED) is 0.165. The lowest BCUT2D eigenvalue weighted by molar-refractivity contribution is 0.0597. The summed E-state index contributed by atoms with van der Waals surface area (Å²) in [5.74, 6) is 7.49. The highest BCUT2D eigenvalue weighted by Gasteiger charge is 2.10. The first-order valence-electron chi connectivity index (χ1n) is 10.6. The fourth-order valence-electron chi connectivity index (χ4n) is 2.64. The molecule has 0 N–H and O–H groups in total. The number of aryl methyl sites for hydroxylation is 1. The van der Waals surface area contributed by atoms with E-state index in [0.717, 1.165) is 29.9 Å². The predicted molar refractivity (Wildman–Crippen MR) is 134 cm³/mol. The molecule has 0 heterocycles. The molecule has 32 heavy (non-hydrogen) atoms. The van der Waals surface area contributed by atoms with Gasteiger partial charge in [-0.15, -0.1) is 11.8 Å². The molecule has 0 aromatic heterocycles. The van der Waals surface area contributed by atoms with Crippen molar-refractivity contribution in [1.29, 1.82) is 0 Å². The van der Waals surface area contributed by atoms with Gasteiger partial charge in [0.25, 0.3) is 0 Å². The first-order chi connectivity index (χ1) is 15.7. The van der Waals surface area contributed by atoms with Crippen molar-refractivity contribution in [3.8, 4) is 17.6 Å². The maximum absolute atomic E-state index is 11.7. The first-order valence-corrected chi connectivity index (χ1v) is 11.6. The third kappa shape index (κ3) is 10.2. The molecule has 0 aliphatic carbocycles. The van der Waals surface area contributed by atoms with E-state index in [4.69, 9.17) is 9.47 Å². The monoisotopic (exact) mass is 446 g/mol. The van der Waals surface area contributed by atoms with Gasteiger partial charge in [0, 0.05) is 11.3 Å². The Morgan fingerprint density at radius 3 is 2.34 bits per heavy atom. The first kappa shape index (κ1) is 25.1. The Morgan fingerprint density at radius 2 is 1.59 bits per heavy atom. The summed E-state index contributed by atoms with van der Waals surface area (Å²) < 4.78 is 10.5. The van der Waals surface area contributed by atoms with Crippen molar-refractivity contribution in [3.63, 3.8) is 0 Å². The molecule has 0 bridgehead atoms. The maximum atomic E-state index is 11.7. The van der Waals surface area contributed by atoms with Crippen molar-refractivity contribution in [3.05, 3.63) is 96.1 Å². The molecule has 166 valence electrons. The minimum Gasteiger partial charge on any atom is -0.490 e. The van der Waals surface area contributed by atoms with E-state index in [2.05, 4.69) is 49.1 Å². The van der Waals surface area contributed by atoms with Crippen LogP contribution in [0.4, 0.5) is 0 Å². The Kier molecular flexibility index (Phi) is 12.2. The fraction of sp³-hybridized carbons (Fsp3) is 0.250. The second-order valence-corrected chi connectivity index (χ2v) is 7.86. The zero-order chi connectivity index (χ0) is 22.9. The average Bonchev–Trinajstić information content (AvgIpc) is 2.82. The summed E-state index contributed by atoms with van der Waals surface area (Å²) in [6.45, 7) is 2.65. The summed E-state index contributed by atoms with van der Waals surface area (Å²) in [6.07, 6.45) is 15.2. The van der Waals surface area contributed by atoms with Crippen molar-refractivity contribution in [2.24, 2.45) is 0 Å². The Hall–Kier alpha value is -3.16. The van der Waals surface area contributed by atoms with Gasteiger partial charge < -0.3 is 9.47 Å². The zero-order valence-corrected chi connectivity index (χ0v) is 19.6. The molecule has 2 rings (SSSR count). The van der Waals surface area contributed by atoms with Crippen LogP contribution in [0.2, 0.25) is 0 Å². The van der Waals surface area contributed by atoms with Crippen LogP contribution in [0, 0.1) is 18.8 Å². The van der Waals surface area contributed by atoms with E-state index < -0.39 is 0 Å². The van der Waals surface area contributed by atoms with E-state index in [9.17, 15) is 4.79 Å². The Bertz CT molecular complexity index is 976. The molecule has 3 nitrogen and oxygen atoms in total. The SMILES string of the molecule is COC(=O)c1ccccc1SCC#CC/C=C\C/C=C\C/C=C\COc1ccc(C)cc1. The van der Waals surface area contributed by atoms with Gasteiger partial charge in [0.2, 0.25) is 0 Å². The van der Waals surface area contributed by atoms with Gasteiger partial charge in [0.05, 0.1) is 18.4 Å². The van der Waals surface area contributed by atoms with Gasteiger partial charge in [-0.2, -0.15) is 0 Å². The highest BCUT2D eigenvalue weighted by atomic mass is 32.2. The largest absolute Gasteiger partial charge is 0.490 e. The van der Waals surface area contributed by atoms with Crippen molar-refractivity contribution in [2.45, 2.75) is 31.1 Å². The summed E-state index contributed by atoms with van der Waals surface area (Å²) in [5, 5.41) is 0. The molecule has 2 aromatic carbocycles. The second-order valence-electron chi connectivity index (χ2n) is 6.84. The van der Waals surface area contributed by atoms with Crippen LogP contribution in [0.15, 0.2) is 89.9 Å². The van der Waals surface area contributed by atoms with Crippen LogP contribution in [-0.4, -0.2) is 25.4 Å². The lowest BCUT2D eigenvalue weighted by Gasteiger charge is -2.04.